The van der Waals surface area contributed by atoms with E-state index < -0.39 is 12.3 Å². The van der Waals surface area contributed by atoms with Crippen LogP contribution in [0.15, 0.2) is 90.0 Å². The SMILES string of the molecule is C=C(CC(F)(F)CCC)N1NC(=c2c(-c3ccc(S)cc3)c3ccccc3nc2=C)CC1c1ccc(C)cc1. The lowest BCUT2D eigenvalue weighted by Gasteiger charge is -2.30. The molecule has 1 aromatic heterocycles. The number of pyridine rings is 1. The fourth-order valence-corrected chi connectivity index (χ4v) is 5.57. The molecule has 3 nitrogen and oxygen atoms in total. The van der Waals surface area contributed by atoms with Crippen molar-refractivity contribution in [1.29, 1.82) is 0 Å². The zero-order valence-corrected chi connectivity index (χ0v) is 23.2. The van der Waals surface area contributed by atoms with E-state index in [0.717, 1.165) is 49.0 Å². The first-order valence-electron chi connectivity index (χ1n) is 13.2. The summed E-state index contributed by atoms with van der Waals surface area (Å²) in [5.41, 5.74) is 9.77. The van der Waals surface area contributed by atoms with Crippen molar-refractivity contribution >= 4 is 35.8 Å². The van der Waals surface area contributed by atoms with Gasteiger partial charge in [-0.15, -0.1) is 12.6 Å². The van der Waals surface area contributed by atoms with E-state index in [1.807, 2.05) is 54.4 Å². The highest BCUT2D eigenvalue weighted by atomic mass is 32.1. The van der Waals surface area contributed by atoms with Crippen molar-refractivity contribution in [3.63, 3.8) is 0 Å². The molecule has 0 aliphatic carbocycles. The number of fused-ring (bicyclic) bond motifs is 1. The molecule has 0 amide bonds. The summed E-state index contributed by atoms with van der Waals surface area (Å²) in [6, 6.07) is 24.0. The molecule has 0 spiro atoms. The lowest BCUT2D eigenvalue weighted by atomic mass is 9.95. The quantitative estimate of drug-likeness (QED) is 0.240. The van der Waals surface area contributed by atoms with Crippen LogP contribution in [0, 0.1) is 6.92 Å². The summed E-state index contributed by atoms with van der Waals surface area (Å²) in [7, 11) is 0. The Hall–Kier alpha value is -3.64. The molecule has 0 bridgehead atoms. The number of halogens is 2. The Morgan fingerprint density at radius 2 is 1.77 bits per heavy atom. The van der Waals surface area contributed by atoms with Crippen molar-refractivity contribution in [3.05, 3.63) is 107 Å². The van der Waals surface area contributed by atoms with E-state index in [1.165, 1.54) is 0 Å². The predicted octanol–water partition coefficient (Wildman–Crippen LogP) is 7.31. The number of aryl methyl sites for hydroxylation is 1. The van der Waals surface area contributed by atoms with Crippen molar-refractivity contribution in [1.82, 2.24) is 15.4 Å². The summed E-state index contributed by atoms with van der Waals surface area (Å²) in [6.07, 6.45) is 0.400. The summed E-state index contributed by atoms with van der Waals surface area (Å²) in [4.78, 5) is 5.71. The number of benzene rings is 3. The van der Waals surface area contributed by atoms with E-state index in [-0.39, 0.29) is 12.5 Å². The van der Waals surface area contributed by atoms with E-state index in [1.54, 1.807) is 6.92 Å². The van der Waals surface area contributed by atoms with Gasteiger partial charge in [0.1, 0.15) is 0 Å². The highest BCUT2D eigenvalue weighted by Crippen LogP contribution is 2.39. The van der Waals surface area contributed by atoms with Crippen LogP contribution in [0.4, 0.5) is 8.78 Å². The van der Waals surface area contributed by atoms with Gasteiger partial charge in [-0.3, -0.25) is 5.01 Å². The predicted molar refractivity (Wildman–Crippen MR) is 160 cm³/mol. The lowest BCUT2D eigenvalue weighted by molar-refractivity contribution is -0.0158. The van der Waals surface area contributed by atoms with Gasteiger partial charge in [0.05, 0.1) is 23.3 Å². The van der Waals surface area contributed by atoms with Gasteiger partial charge in [-0.05, 0) is 36.2 Å². The Labute approximate surface area is 234 Å². The van der Waals surface area contributed by atoms with Crippen LogP contribution < -0.4 is 16.0 Å². The molecule has 1 fully saturated rings. The Morgan fingerprint density at radius 1 is 1.08 bits per heavy atom. The molecule has 1 N–H and O–H groups in total. The van der Waals surface area contributed by atoms with Gasteiger partial charge in [-0.1, -0.05) is 86.7 Å². The topological polar surface area (TPSA) is 28.2 Å². The van der Waals surface area contributed by atoms with Gasteiger partial charge >= 0.3 is 0 Å². The van der Waals surface area contributed by atoms with Gasteiger partial charge < -0.3 is 5.43 Å². The van der Waals surface area contributed by atoms with Crippen LogP contribution in [0.5, 0.6) is 0 Å². The van der Waals surface area contributed by atoms with Crippen LogP contribution in [-0.4, -0.2) is 15.9 Å². The third-order valence-corrected chi connectivity index (χ3v) is 7.57. The normalized spacial score (nSPS) is 16.9. The zero-order chi connectivity index (χ0) is 27.7. The standard InChI is InChI=1S/C33H33F2N3S/c1-5-18-33(34,35)20-22(3)38-30(24-12-10-21(2)11-13-24)19-29(37-38)31-23(4)36-28-9-7-6-8-27(28)32(31)25-14-16-26(39)17-15-25/h6-17,30,37,39H,3-5,18-20H2,1-2H3. The van der Waals surface area contributed by atoms with Crippen molar-refractivity contribution in [2.24, 2.45) is 0 Å². The van der Waals surface area contributed by atoms with E-state index in [0.29, 0.717) is 23.9 Å². The lowest BCUT2D eigenvalue weighted by Crippen LogP contribution is -2.38. The number of aromatic nitrogens is 1. The Balaban J connectivity index is 1.72. The third kappa shape index (κ3) is 5.57. The number of allylic oxidation sites excluding steroid dienone is 1. The van der Waals surface area contributed by atoms with Gasteiger partial charge in [0.2, 0.25) is 0 Å². The van der Waals surface area contributed by atoms with Gasteiger partial charge in [-0.2, -0.15) is 0 Å². The molecule has 4 aromatic rings. The minimum atomic E-state index is -2.82. The van der Waals surface area contributed by atoms with Crippen molar-refractivity contribution in [3.8, 4) is 11.1 Å². The minimum Gasteiger partial charge on any atom is -0.301 e. The van der Waals surface area contributed by atoms with Crippen LogP contribution >= 0.6 is 12.6 Å². The number of rotatable bonds is 7. The van der Waals surface area contributed by atoms with Crippen molar-refractivity contribution in [2.75, 3.05) is 0 Å². The molecule has 39 heavy (non-hydrogen) atoms. The number of hydrogen-bond donors (Lipinski definition) is 2. The van der Waals surface area contributed by atoms with Gasteiger partial charge in [-0.25, -0.2) is 13.8 Å². The molecule has 3 aromatic carbocycles. The van der Waals surface area contributed by atoms with Crippen molar-refractivity contribution < 1.29 is 8.78 Å². The maximum absolute atomic E-state index is 14.7. The average Bonchev–Trinajstić information content (AvgIpc) is 3.34. The number of hydrazine groups is 1. The van der Waals surface area contributed by atoms with Crippen LogP contribution in [0.2, 0.25) is 0 Å². The Bertz CT molecular complexity index is 1630. The van der Waals surface area contributed by atoms with E-state index in [2.05, 4.69) is 61.5 Å². The number of hydrogen-bond acceptors (Lipinski definition) is 4. The highest BCUT2D eigenvalue weighted by molar-refractivity contribution is 7.80. The summed E-state index contributed by atoms with van der Waals surface area (Å²) in [5.74, 6) is -2.82. The minimum absolute atomic E-state index is 0.172. The fourth-order valence-electron chi connectivity index (χ4n) is 5.42. The molecule has 0 saturated carbocycles. The third-order valence-electron chi connectivity index (χ3n) is 7.27. The Kier molecular flexibility index (Phi) is 7.50. The fraction of sp³-hybridized carbons (Fsp3) is 0.242. The molecule has 1 saturated heterocycles. The van der Waals surface area contributed by atoms with E-state index >= 15 is 0 Å². The highest BCUT2D eigenvalue weighted by Gasteiger charge is 2.36. The van der Waals surface area contributed by atoms with Crippen LogP contribution in [-0.2, 0) is 0 Å². The molecule has 6 heteroatoms. The molecule has 200 valence electrons. The average molecular weight is 542 g/mol. The smallest absolute Gasteiger partial charge is 0.253 e. The Morgan fingerprint density at radius 3 is 2.46 bits per heavy atom. The molecule has 1 aliphatic rings. The second-order valence-corrected chi connectivity index (χ2v) is 10.8. The van der Waals surface area contributed by atoms with E-state index in [9.17, 15) is 8.78 Å². The summed E-state index contributed by atoms with van der Waals surface area (Å²) >= 11 is 4.47. The van der Waals surface area contributed by atoms with Crippen LogP contribution in [0.1, 0.15) is 49.8 Å². The first kappa shape index (κ1) is 26.9. The number of para-hydroxylation sites is 1. The summed E-state index contributed by atoms with van der Waals surface area (Å²) in [5, 5.41) is 4.33. The second kappa shape index (κ2) is 10.9. The number of nitrogens with one attached hydrogen (secondary N) is 1. The maximum Gasteiger partial charge on any atom is 0.253 e. The largest absolute Gasteiger partial charge is 0.301 e. The first-order valence-corrected chi connectivity index (χ1v) is 13.7. The summed E-state index contributed by atoms with van der Waals surface area (Å²) in [6.45, 7) is 12.3. The zero-order valence-electron chi connectivity index (χ0n) is 22.3. The van der Waals surface area contributed by atoms with Crippen LogP contribution in [0.25, 0.3) is 34.3 Å². The molecular formula is C33H33F2N3S. The molecule has 0 radical (unpaired) electrons. The van der Waals surface area contributed by atoms with Gasteiger partial charge in [0.15, 0.2) is 0 Å². The number of thiol groups is 1. The molecule has 5 rings (SSSR count). The molecular weight excluding hydrogens is 508 g/mol. The van der Waals surface area contributed by atoms with Gasteiger partial charge in [0, 0.05) is 45.3 Å². The second-order valence-electron chi connectivity index (χ2n) is 10.3. The number of alkyl halides is 2. The van der Waals surface area contributed by atoms with Crippen molar-refractivity contribution in [2.45, 2.75) is 56.4 Å². The molecule has 1 atom stereocenters. The van der Waals surface area contributed by atoms with Crippen LogP contribution in [0.3, 0.4) is 0 Å². The summed E-state index contributed by atoms with van der Waals surface area (Å²) < 4.78 is 29.5. The molecule has 1 unspecified atom stereocenters. The van der Waals surface area contributed by atoms with E-state index in [4.69, 9.17) is 4.98 Å². The van der Waals surface area contributed by atoms with Gasteiger partial charge in [0.25, 0.3) is 5.92 Å². The maximum atomic E-state index is 14.7. The molecule has 2 heterocycles. The first-order chi connectivity index (χ1) is 18.7. The number of nitrogens with zero attached hydrogens (tertiary/aromatic N) is 2. The molecule has 1 aliphatic heterocycles. The monoisotopic (exact) mass is 541 g/mol.